The van der Waals surface area contributed by atoms with E-state index in [4.69, 9.17) is 5.73 Å². The number of nitrogens with zero attached hydrogens (tertiary/aromatic N) is 1. The number of carbonyl (C=O) groups is 1. The summed E-state index contributed by atoms with van der Waals surface area (Å²) in [6.45, 7) is 6.34. The normalized spacial score (nSPS) is 18.4. The Hall–Kier alpha value is -0.770. The van der Waals surface area contributed by atoms with Gasteiger partial charge in [0, 0.05) is 19.6 Å². The summed E-state index contributed by atoms with van der Waals surface area (Å²) in [6, 6.07) is 0.0750. The predicted molar refractivity (Wildman–Crippen MR) is 75.6 cm³/mol. The Morgan fingerprint density at radius 3 is 2.39 bits per heavy atom. The standard InChI is InChI=1S/C14H29N3O/c1-3-10-16-13(18)17(11-4-2)14(12-15)8-6-5-7-9-14/h3-12,15H2,1-2H3,(H,16,18). The van der Waals surface area contributed by atoms with E-state index in [0.717, 1.165) is 38.8 Å². The molecule has 4 nitrogen and oxygen atoms in total. The van der Waals surface area contributed by atoms with Gasteiger partial charge in [0.25, 0.3) is 0 Å². The summed E-state index contributed by atoms with van der Waals surface area (Å²) in [6.07, 6.45) is 7.74. The number of nitrogens with one attached hydrogen (secondary N) is 1. The van der Waals surface area contributed by atoms with Crippen LogP contribution in [0.5, 0.6) is 0 Å². The van der Waals surface area contributed by atoms with Crippen molar-refractivity contribution in [3.05, 3.63) is 0 Å². The van der Waals surface area contributed by atoms with Crippen molar-refractivity contribution in [2.75, 3.05) is 19.6 Å². The molecule has 0 spiro atoms. The molecule has 1 aliphatic rings. The first-order chi connectivity index (χ1) is 8.70. The summed E-state index contributed by atoms with van der Waals surface area (Å²) in [5, 5.41) is 3.01. The van der Waals surface area contributed by atoms with Crippen molar-refractivity contribution >= 4 is 6.03 Å². The van der Waals surface area contributed by atoms with E-state index in [9.17, 15) is 4.79 Å². The Labute approximate surface area is 111 Å². The molecule has 0 atom stereocenters. The average Bonchev–Trinajstić information content (AvgIpc) is 2.43. The summed E-state index contributed by atoms with van der Waals surface area (Å²) in [4.78, 5) is 14.3. The van der Waals surface area contributed by atoms with Gasteiger partial charge in [-0.05, 0) is 25.7 Å². The van der Waals surface area contributed by atoms with Crippen LogP contribution in [0.2, 0.25) is 0 Å². The van der Waals surface area contributed by atoms with Crippen LogP contribution in [0.25, 0.3) is 0 Å². The average molecular weight is 255 g/mol. The molecular weight excluding hydrogens is 226 g/mol. The SMILES string of the molecule is CCCNC(=O)N(CCC)C1(CN)CCCCC1. The highest BCUT2D eigenvalue weighted by Gasteiger charge is 2.38. The maximum Gasteiger partial charge on any atom is 0.317 e. The molecule has 3 N–H and O–H groups in total. The fourth-order valence-electron chi connectivity index (χ4n) is 2.90. The van der Waals surface area contributed by atoms with Gasteiger partial charge in [-0.15, -0.1) is 0 Å². The summed E-state index contributed by atoms with van der Waals surface area (Å²) in [7, 11) is 0. The van der Waals surface area contributed by atoms with Crippen LogP contribution in [0.1, 0.15) is 58.8 Å². The molecular formula is C14H29N3O. The number of amides is 2. The molecule has 0 unspecified atom stereocenters. The molecule has 0 aromatic heterocycles. The maximum absolute atomic E-state index is 12.3. The van der Waals surface area contributed by atoms with Crippen LogP contribution in [-0.2, 0) is 0 Å². The molecule has 0 aliphatic heterocycles. The quantitative estimate of drug-likeness (QED) is 0.766. The Kier molecular flexibility index (Phi) is 6.47. The van der Waals surface area contributed by atoms with Gasteiger partial charge in [0.05, 0.1) is 5.54 Å². The van der Waals surface area contributed by atoms with Crippen LogP contribution in [0.4, 0.5) is 4.79 Å². The van der Waals surface area contributed by atoms with Gasteiger partial charge in [-0.3, -0.25) is 0 Å². The molecule has 0 heterocycles. The Morgan fingerprint density at radius 1 is 1.22 bits per heavy atom. The van der Waals surface area contributed by atoms with Crippen molar-refractivity contribution in [1.29, 1.82) is 0 Å². The lowest BCUT2D eigenvalue weighted by atomic mass is 9.80. The lowest BCUT2D eigenvalue weighted by molar-refractivity contribution is 0.0835. The zero-order chi connectivity index (χ0) is 13.4. The minimum atomic E-state index is -0.0912. The van der Waals surface area contributed by atoms with Crippen molar-refractivity contribution in [3.8, 4) is 0 Å². The second-order valence-corrected chi connectivity index (χ2v) is 5.37. The monoisotopic (exact) mass is 255 g/mol. The second kappa shape index (κ2) is 7.62. The van der Waals surface area contributed by atoms with Gasteiger partial charge in [-0.2, -0.15) is 0 Å². The molecule has 0 aromatic carbocycles. The lowest BCUT2D eigenvalue weighted by Gasteiger charge is -2.45. The van der Waals surface area contributed by atoms with E-state index in [1.165, 1.54) is 19.3 Å². The number of hydrogen-bond donors (Lipinski definition) is 2. The molecule has 106 valence electrons. The molecule has 1 saturated carbocycles. The van der Waals surface area contributed by atoms with Gasteiger partial charge in [0.1, 0.15) is 0 Å². The smallest absolute Gasteiger partial charge is 0.317 e. The molecule has 0 radical (unpaired) electrons. The predicted octanol–water partition coefficient (Wildman–Crippen LogP) is 2.48. The number of carbonyl (C=O) groups excluding carboxylic acids is 1. The van der Waals surface area contributed by atoms with E-state index in [2.05, 4.69) is 19.2 Å². The first-order valence-electron chi connectivity index (χ1n) is 7.45. The van der Waals surface area contributed by atoms with Crippen LogP contribution in [-0.4, -0.2) is 36.1 Å². The number of nitrogens with two attached hydrogens (primary N) is 1. The molecule has 0 saturated heterocycles. The largest absolute Gasteiger partial charge is 0.338 e. The van der Waals surface area contributed by atoms with Crippen molar-refractivity contribution < 1.29 is 4.79 Å². The molecule has 1 fully saturated rings. The van der Waals surface area contributed by atoms with Crippen LogP contribution in [0, 0.1) is 0 Å². The minimum Gasteiger partial charge on any atom is -0.338 e. The summed E-state index contributed by atoms with van der Waals surface area (Å²) in [5.74, 6) is 0. The minimum absolute atomic E-state index is 0.0750. The van der Waals surface area contributed by atoms with Crippen LogP contribution < -0.4 is 11.1 Å². The molecule has 2 amide bonds. The first kappa shape index (κ1) is 15.3. The molecule has 18 heavy (non-hydrogen) atoms. The third-order valence-electron chi connectivity index (χ3n) is 3.96. The van der Waals surface area contributed by atoms with Gasteiger partial charge < -0.3 is 16.0 Å². The molecule has 1 rings (SSSR count). The number of hydrogen-bond acceptors (Lipinski definition) is 2. The molecule has 4 heteroatoms. The zero-order valence-corrected chi connectivity index (χ0v) is 12.0. The van der Waals surface area contributed by atoms with Gasteiger partial charge in [0.2, 0.25) is 0 Å². The molecule has 1 aliphatic carbocycles. The Balaban J connectivity index is 2.76. The van der Waals surface area contributed by atoms with Crippen LogP contribution in [0.3, 0.4) is 0 Å². The van der Waals surface area contributed by atoms with E-state index in [-0.39, 0.29) is 11.6 Å². The summed E-state index contributed by atoms with van der Waals surface area (Å²) in [5.41, 5.74) is 5.92. The fraction of sp³-hybridized carbons (Fsp3) is 0.929. The summed E-state index contributed by atoms with van der Waals surface area (Å²) >= 11 is 0. The van der Waals surface area contributed by atoms with Crippen molar-refractivity contribution in [2.24, 2.45) is 5.73 Å². The van der Waals surface area contributed by atoms with E-state index in [1.54, 1.807) is 0 Å². The summed E-state index contributed by atoms with van der Waals surface area (Å²) < 4.78 is 0. The Morgan fingerprint density at radius 2 is 1.89 bits per heavy atom. The fourth-order valence-corrected chi connectivity index (χ4v) is 2.90. The van der Waals surface area contributed by atoms with Crippen LogP contribution in [0.15, 0.2) is 0 Å². The van der Waals surface area contributed by atoms with Crippen molar-refractivity contribution in [3.63, 3.8) is 0 Å². The van der Waals surface area contributed by atoms with E-state index in [1.807, 2.05) is 4.90 Å². The Bertz CT molecular complexity index is 249. The van der Waals surface area contributed by atoms with Gasteiger partial charge in [-0.25, -0.2) is 4.79 Å². The highest BCUT2D eigenvalue weighted by atomic mass is 16.2. The third kappa shape index (κ3) is 3.61. The first-order valence-corrected chi connectivity index (χ1v) is 7.45. The number of rotatable bonds is 6. The third-order valence-corrected chi connectivity index (χ3v) is 3.96. The highest BCUT2D eigenvalue weighted by Crippen LogP contribution is 2.33. The van der Waals surface area contributed by atoms with Gasteiger partial charge >= 0.3 is 6.03 Å². The van der Waals surface area contributed by atoms with E-state index in [0.29, 0.717) is 6.54 Å². The number of urea groups is 1. The van der Waals surface area contributed by atoms with E-state index < -0.39 is 0 Å². The van der Waals surface area contributed by atoms with E-state index >= 15 is 0 Å². The van der Waals surface area contributed by atoms with Gasteiger partial charge in [-0.1, -0.05) is 33.1 Å². The highest BCUT2D eigenvalue weighted by molar-refractivity contribution is 5.75. The van der Waals surface area contributed by atoms with Crippen molar-refractivity contribution in [1.82, 2.24) is 10.2 Å². The molecule has 0 bridgehead atoms. The van der Waals surface area contributed by atoms with Gasteiger partial charge in [0.15, 0.2) is 0 Å². The van der Waals surface area contributed by atoms with Crippen LogP contribution >= 0.6 is 0 Å². The maximum atomic E-state index is 12.3. The lowest BCUT2D eigenvalue weighted by Crippen LogP contribution is -2.60. The van der Waals surface area contributed by atoms with Crippen molar-refractivity contribution in [2.45, 2.75) is 64.3 Å². The molecule has 0 aromatic rings. The zero-order valence-electron chi connectivity index (χ0n) is 12.0. The second-order valence-electron chi connectivity index (χ2n) is 5.37. The topological polar surface area (TPSA) is 58.4 Å².